The van der Waals surface area contributed by atoms with Crippen molar-refractivity contribution >= 4 is 11.4 Å². The molecule has 0 spiro atoms. The van der Waals surface area contributed by atoms with Crippen LogP contribution in [0, 0.1) is 10.1 Å². The maximum Gasteiger partial charge on any atom is 0.333 e. The van der Waals surface area contributed by atoms with Gasteiger partial charge in [0.15, 0.2) is 5.75 Å². The molecule has 0 atom stereocenters. The highest BCUT2D eigenvalue weighted by molar-refractivity contribution is 5.65. The van der Waals surface area contributed by atoms with Crippen molar-refractivity contribution in [1.82, 2.24) is 0 Å². The van der Waals surface area contributed by atoms with Gasteiger partial charge in [-0.25, -0.2) is 0 Å². The molecule has 0 saturated heterocycles. The molecule has 0 aliphatic carbocycles. The summed E-state index contributed by atoms with van der Waals surface area (Å²) in [5.74, 6) is 0.251. The van der Waals surface area contributed by atoms with Crippen molar-refractivity contribution in [3.05, 3.63) is 28.3 Å². The average Bonchev–Trinajstić information content (AvgIpc) is 2.24. The van der Waals surface area contributed by atoms with Crippen molar-refractivity contribution in [2.75, 3.05) is 12.3 Å². The third kappa shape index (κ3) is 3.12. The minimum Gasteiger partial charge on any atom is -0.487 e. The molecule has 0 fully saturated rings. The Hall–Kier alpha value is -1.78. The van der Waals surface area contributed by atoms with Gasteiger partial charge >= 0.3 is 5.69 Å². The van der Waals surface area contributed by atoms with Crippen molar-refractivity contribution in [1.29, 1.82) is 0 Å². The first-order valence-corrected chi connectivity index (χ1v) is 5.32. The summed E-state index contributed by atoms with van der Waals surface area (Å²) in [5.41, 5.74) is 5.53. The Morgan fingerprint density at radius 1 is 1.44 bits per heavy atom. The van der Waals surface area contributed by atoms with Crippen molar-refractivity contribution in [2.45, 2.75) is 26.2 Å². The SMILES string of the molecule is CCCCCOc1cccc(N)c1[N+](=O)[O-]. The molecule has 0 aromatic heterocycles. The number of nitrogen functional groups attached to an aromatic ring is 1. The third-order valence-corrected chi connectivity index (χ3v) is 2.22. The monoisotopic (exact) mass is 224 g/mol. The molecule has 88 valence electrons. The fourth-order valence-corrected chi connectivity index (χ4v) is 1.39. The highest BCUT2D eigenvalue weighted by Crippen LogP contribution is 2.32. The van der Waals surface area contributed by atoms with Crippen LogP contribution in [0.1, 0.15) is 26.2 Å². The largest absolute Gasteiger partial charge is 0.487 e. The molecule has 0 radical (unpaired) electrons. The molecule has 0 amide bonds. The summed E-state index contributed by atoms with van der Waals surface area (Å²) >= 11 is 0. The number of hydrogen-bond donors (Lipinski definition) is 1. The second kappa shape index (κ2) is 5.95. The van der Waals surface area contributed by atoms with Gasteiger partial charge in [0.1, 0.15) is 5.69 Å². The predicted octanol–water partition coefficient (Wildman–Crippen LogP) is 2.75. The molecule has 0 saturated carbocycles. The van der Waals surface area contributed by atoms with Gasteiger partial charge < -0.3 is 10.5 Å². The van der Waals surface area contributed by atoms with Gasteiger partial charge in [-0.3, -0.25) is 10.1 Å². The van der Waals surface area contributed by atoms with Gasteiger partial charge in [0, 0.05) is 0 Å². The molecule has 5 heteroatoms. The van der Waals surface area contributed by atoms with Crippen LogP contribution in [0.4, 0.5) is 11.4 Å². The molecular formula is C11H16N2O3. The van der Waals surface area contributed by atoms with Crippen LogP contribution in [-0.2, 0) is 0 Å². The molecule has 2 N–H and O–H groups in total. The predicted molar refractivity (Wildman–Crippen MR) is 62.5 cm³/mol. The van der Waals surface area contributed by atoms with Crippen molar-refractivity contribution < 1.29 is 9.66 Å². The molecule has 0 unspecified atom stereocenters. The number of hydrogen-bond acceptors (Lipinski definition) is 4. The zero-order valence-corrected chi connectivity index (χ0v) is 9.31. The van der Waals surface area contributed by atoms with E-state index in [-0.39, 0.29) is 17.1 Å². The van der Waals surface area contributed by atoms with E-state index in [0.29, 0.717) is 6.61 Å². The van der Waals surface area contributed by atoms with Crippen LogP contribution in [0.3, 0.4) is 0 Å². The van der Waals surface area contributed by atoms with E-state index in [2.05, 4.69) is 6.92 Å². The van der Waals surface area contributed by atoms with E-state index in [1.165, 1.54) is 6.07 Å². The summed E-state index contributed by atoms with van der Waals surface area (Å²) in [4.78, 5) is 10.3. The zero-order valence-electron chi connectivity index (χ0n) is 9.31. The van der Waals surface area contributed by atoms with Crippen LogP contribution < -0.4 is 10.5 Å². The van der Waals surface area contributed by atoms with Gasteiger partial charge in [0.05, 0.1) is 11.5 Å². The molecule has 1 aromatic rings. The maximum atomic E-state index is 10.8. The number of rotatable bonds is 6. The number of anilines is 1. The van der Waals surface area contributed by atoms with E-state index in [1.807, 2.05) is 0 Å². The number of nitrogens with zero attached hydrogens (tertiary/aromatic N) is 1. The molecule has 16 heavy (non-hydrogen) atoms. The zero-order chi connectivity index (χ0) is 12.0. The Bertz CT molecular complexity index is 366. The molecular weight excluding hydrogens is 208 g/mol. The van der Waals surface area contributed by atoms with Crippen molar-refractivity contribution in [3.63, 3.8) is 0 Å². The number of nitro benzene ring substituents is 1. The summed E-state index contributed by atoms with van der Waals surface area (Å²) < 4.78 is 5.36. The number of benzene rings is 1. The van der Waals surface area contributed by atoms with E-state index in [9.17, 15) is 10.1 Å². The van der Waals surface area contributed by atoms with Crippen LogP contribution in [0.25, 0.3) is 0 Å². The average molecular weight is 224 g/mol. The van der Waals surface area contributed by atoms with Gasteiger partial charge in [-0.1, -0.05) is 25.8 Å². The summed E-state index contributed by atoms with van der Waals surface area (Å²) in [5, 5.41) is 10.8. The number of ether oxygens (including phenoxy) is 1. The van der Waals surface area contributed by atoms with E-state index in [0.717, 1.165) is 19.3 Å². The lowest BCUT2D eigenvalue weighted by atomic mass is 10.2. The molecule has 5 nitrogen and oxygen atoms in total. The van der Waals surface area contributed by atoms with E-state index >= 15 is 0 Å². The first kappa shape index (κ1) is 12.3. The normalized spacial score (nSPS) is 10.1. The standard InChI is InChI=1S/C11H16N2O3/c1-2-3-4-8-16-10-7-5-6-9(12)11(10)13(14)15/h5-7H,2-4,8,12H2,1H3. The topological polar surface area (TPSA) is 78.4 Å². The number of nitro groups is 1. The Kier molecular flexibility index (Phi) is 4.57. The smallest absolute Gasteiger partial charge is 0.333 e. The fourth-order valence-electron chi connectivity index (χ4n) is 1.39. The molecule has 1 aromatic carbocycles. The van der Waals surface area contributed by atoms with Crippen LogP contribution in [-0.4, -0.2) is 11.5 Å². The minimum atomic E-state index is -0.509. The molecule has 1 rings (SSSR count). The Balaban J connectivity index is 2.71. The van der Waals surface area contributed by atoms with Crippen LogP contribution in [0.5, 0.6) is 5.75 Å². The molecule has 0 heterocycles. The first-order chi connectivity index (χ1) is 7.66. The van der Waals surface area contributed by atoms with E-state index < -0.39 is 4.92 Å². The number of nitrogens with two attached hydrogens (primary N) is 1. The van der Waals surface area contributed by atoms with Crippen LogP contribution in [0.2, 0.25) is 0 Å². The second-order valence-electron chi connectivity index (χ2n) is 3.51. The van der Waals surface area contributed by atoms with Crippen molar-refractivity contribution in [2.24, 2.45) is 0 Å². The van der Waals surface area contributed by atoms with Gasteiger partial charge in [-0.15, -0.1) is 0 Å². The summed E-state index contributed by atoms with van der Waals surface area (Å²) in [6, 6.07) is 4.72. The van der Waals surface area contributed by atoms with Gasteiger partial charge in [-0.05, 0) is 18.6 Å². The highest BCUT2D eigenvalue weighted by atomic mass is 16.6. The molecule has 0 bridgehead atoms. The van der Waals surface area contributed by atoms with Crippen molar-refractivity contribution in [3.8, 4) is 5.75 Å². The number of para-hydroxylation sites is 1. The van der Waals surface area contributed by atoms with E-state index in [1.54, 1.807) is 12.1 Å². The van der Waals surface area contributed by atoms with Crippen LogP contribution >= 0.6 is 0 Å². The summed E-state index contributed by atoms with van der Waals surface area (Å²) in [6.07, 6.45) is 3.03. The van der Waals surface area contributed by atoms with Gasteiger partial charge in [0.25, 0.3) is 0 Å². The minimum absolute atomic E-state index is 0.137. The lowest BCUT2D eigenvalue weighted by molar-refractivity contribution is -0.384. The highest BCUT2D eigenvalue weighted by Gasteiger charge is 2.18. The molecule has 0 aliphatic heterocycles. The lowest BCUT2D eigenvalue weighted by Crippen LogP contribution is -2.02. The first-order valence-electron chi connectivity index (χ1n) is 5.32. The quantitative estimate of drug-likeness (QED) is 0.349. The number of unbranched alkanes of at least 4 members (excludes halogenated alkanes) is 2. The Labute approximate surface area is 94.4 Å². The second-order valence-corrected chi connectivity index (χ2v) is 3.51. The van der Waals surface area contributed by atoms with E-state index in [4.69, 9.17) is 10.5 Å². The van der Waals surface area contributed by atoms with Gasteiger partial charge in [-0.2, -0.15) is 0 Å². The van der Waals surface area contributed by atoms with Crippen LogP contribution in [0.15, 0.2) is 18.2 Å². The van der Waals surface area contributed by atoms with Gasteiger partial charge in [0.2, 0.25) is 0 Å². The maximum absolute atomic E-state index is 10.8. The lowest BCUT2D eigenvalue weighted by Gasteiger charge is -2.07. The fraction of sp³-hybridized carbons (Fsp3) is 0.455. The Morgan fingerprint density at radius 2 is 2.19 bits per heavy atom. The summed E-state index contributed by atoms with van der Waals surface area (Å²) in [6.45, 7) is 2.57. The summed E-state index contributed by atoms with van der Waals surface area (Å²) in [7, 11) is 0. The molecule has 0 aliphatic rings. The third-order valence-electron chi connectivity index (χ3n) is 2.22. The Morgan fingerprint density at radius 3 is 2.81 bits per heavy atom.